The van der Waals surface area contributed by atoms with Crippen molar-refractivity contribution in [2.75, 3.05) is 17.6 Å². The van der Waals surface area contributed by atoms with Crippen molar-refractivity contribution in [2.24, 2.45) is 0 Å². The number of anilines is 2. The first-order valence-electron chi connectivity index (χ1n) is 4.15. The van der Waals surface area contributed by atoms with Crippen LogP contribution in [0.25, 0.3) is 0 Å². The van der Waals surface area contributed by atoms with Gasteiger partial charge >= 0.3 is 6.18 Å². The molecule has 1 aromatic rings. The summed E-state index contributed by atoms with van der Waals surface area (Å²) in [6, 6.07) is 3.79. The van der Waals surface area contributed by atoms with Gasteiger partial charge in [0.25, 0.3) is 0 Å². The Balaban J connectivity index is 3.09. The Morgan fingerprint density at radius 1 is 1.36 bits per heavy atom. The van der Waals surface area contributed by atoms with Gasteiger partial charge < -0.3 is 11.1 Å². The lowest BCUT2D eigenvalue weighted by Crippen LogP contribution is -2.10. The van der Waals surface area contributed by atoms with Gasteiger partial charge in [-0.1, -0.05) is 0 Å². The molecule has 0 spiro atoms. The van der Waals surface area contributed by atoms with Crippen molar-refractivity contribution >= 4 is 11.4 Å². The van der Waals surface area contributed by atoms with Crippen LogP contribution in [0.4, 0.5) is 24.5 Å². The fourth-order valence-corrected chi connectivity index (χ4v) is 1.12. The van der Waals surface area contributed by atoms with E-state index in [1.807, 2.05) is 6.92 Å². The van der Waals surface area contributed by atoms with E-state index in [1.165, 1.54) is 12.1 Å². The average Bonchev–Trinajstić information content (AvgIpc) is 2.07. The Hall–Kier alpha value is -1.39. The summed E-state index contributed by atoms with van der Waals surface area (Å²) in [6.45, 7) is 2.38. The average molecular weight is 204 g/mol. The quantitative estimate of drug-likeness (QED) is 0.727. The molecule has 2 nitrogen and oxygen atoms in total. The number of nitrogen functional groups attached to an aromatic ring is 1. The number of nitrogens with two attached hydrogens (primary N) is 1. The smallest absolute Gasteiger partial charge is 0.398 e. The Morgan fingerprint density at radius 3 is 2.50 bits per heavy atom. The zero-order valence-electron chi connectivity index (χ0n) is 7.65. The van der Waals surface area contributed by atoms with Gasteiger partial charge in [-0.25, -0.2) is 0 Å². The SMILES string of the molecule is CCNc1ccc(N)c(C(F)(F)F)c1. The van der Waals surface area contributed by atoms with Gasteiger partial charge in [-0.15, -0.1) is 0 Å². The minimum Gasteiger partial charge on any atom is -0.398 e. The second-order valence-electron chi connectivity index (χ2n) is 2.83. The van der Waals surface area contributed by atoms with Gasteiger partial charge in [0.2, 0.25) is 0 Å². The van der Waals surface area contributed by atoms with E-state index >= 15 is 0 Å². The number of alkyl halides is 3. The van der Waals surface area contributed by atoms with Crippen LogP contribution in [-0.2, 0) is 6.18 Å². The summed E-state index contributed by atoms with van der Waals surface area (Å²) in [4.78, 5) is 0. The van der Waals surface area contributed by atoms with E-state index < -0.39 is 11.7 Å². The molecule has 0 amide bonds. The third-order valence-electron chi connectivity index (χ3n) is 1.74. The second-order valence-corrected chi connectivity index (χ2v) is 2.83. The molecule has 0 aliphatic heterocycles. The van der Waals surface area contributed by atoms with E-state index in [0.717, 1.165) is 6.07 Å². The molecule has 0 saturated carbocycles. The number of rotatable bonds is 2. The molecule has 0 aromatic heterocycles. The van der Waals surface area contributed by atoms with E-state index in [2.05, 4.69) is 5.32 Å². The van der Waals surface area contributed by atoms with E-state index in [9.17, 15) is 13.2 Å². The van der Waals surface area contributed by atoms with E-state index in [-0.39, 0.29) is 5.69 Å². The molecule has 0 radical (unpaired) electrons. The first-order chi connectivity index (χ1) is 6.45. The first-order valence-corrected chi connectivity index (χ1v) is 4.15. The van der Waals surface area contributed by atoms with Crippen molar-refractivity contribution < 1.29 is 13.2 Å². The Morgan fingerprint density at radius 2 is 2.00 bits per heavy atom. The maximum atomic E-state index is 12.4. The first kappa shape index (κ1) is 10.7. The summed E-state index contributed by atoms with van der Waals surface area (Å²) in [7, 11) is 0. The Kier molecular flexibility index (Phi) is 2.88. The molecule has 14 heavy (non-hydrogen) atoms. The van der Waals surface area contributed by atoms with Gasteiger partial charge in [0.05, 0.1) is 5.56 Å². The number of hydrogen-bond donors (Lipinski definition) is 2. The zero-order chi connectivity index (χ0) is 10.8. The minimum absolute atomic E-state index is 0.251. The summed E-state index contributed by atoms with van der Waals surface area (Å²) in [5, 5.41) is 2.79. The maximum Gasteiger partial charge on any atom is 0.418 e. The minimum atomic E-state index is -4.39. The summed E-state index contributed by atoms with van der Waals surface area (Å²) >= 11 is 0. The van der Waals surface area contributed by atoms with E-state index in [0.29, 0.717) is 12.2 Å². The number of halogens is 3. The number of nitrogens with one attached hydrogen (secondary N) is 1. The fourth-order valence-electron chi connectivity index (χ4n) is 1.12. The van der Waals surface area contributed by atoms with Gasteiger partial charge in [-0.3, -0.25) is 0 Å². The van der Waals surface area contributed by atoms with Crippen LogP contribution in [0.15, 0.2) is 18.2 Å². The van der Waals surface area contributed by atoms with Crippen LogP contribution in [0.3, 0.4) is 0 Å². The molecule has 0 bridgehead atoms. The molecule has 3 N–H and O–H groups in total. The molecule has 0 atom stereocenters. The van der Waals surface area contributed by atoms with Crippen molar-refractivity contribution in [1.29, 1.82) is 0 Å². The zero-order valence-corrected chi connectivity index (χ0v) is 7.65. The highest BCUT2D eigenvalue weighted by Crippen LogP contribution is 2.34. The predicted molar refractivity (Wildman–Crippen MR) is 50.0 cm³/mol. The molecule has 0 saturated heterocycles. The Labute approximate surface area is 79.9 Å². The van der Waals surface area contributed by atoms with Crippen LogP contribution in [-0.4, -0.2) is 6.54 Å². The number of hydrogen-bond acceptors (Lipinski definition) is 2. The maximum absolute atomic E-state index is 12.4. The highest BCUT2D eigenvalue weighted by Gasteiger charge is 2.32. The van der Waals surface area contributed by atoms with Crippen molar-refractivity contribution in [3.63, 3.8) is 0 Å². The lowest BCUT2D eigenvalue weighted by atomic mass is 10.1. The molecule has 0 heterocycles. The lowest BCUT2D eigenvalue weighted by Gasteiger charge is -2.12. The molecule has 1 aromatic carbocycles. The van der Waals surface area contributed by atoms with Crippen LogP contribution in [0.5, 0.6) is 0 Å². The Bertz CT molecular complexity index is 320. The second kappa shape index (κ2) is 3.77. The molecular formula is C9H11F3N2. The van der Waals surface area contributed by atoms with Crippen LogP contribution >= 0.6 is 0 Å². The largest absolute Gasteiger partial charge is 0.418 e. The topological polar surface area (TPSA) is 38.0 Å². The van der Waals surface area contributed by atoms with Gasteiger partial charge in [0, 0.05) is 17.9 Å². The molecule has 0 unspecified atom stereocenters. The molecule has 0 fully saturated rings. The molecule has 5 heteroatoms. The molecule has 0 aliphatic rings. The van der Waals surface area contributed by atoms with Gasteiger partial charge in [-0.2, -0.15) is 13.2 Å². The van der Waals surface area contributed by atoms with Crippen molar-refractivity contribution in [3.8, 4) is 0 Å². The van der Waals surface area contributed by atoms with E-state index in [1.54, 1.807) is 0 Å². The highest BCUT2D eigenvalue weighted by molar-refractivity contribution is 5.58. The van der Waals surface area contributed by atoms with Crippen molar-refractivity contribution in [1.82, 2.24) is 0 Å². The summed E-state index contributed by atoms with van der Waals surface area (Å²) < 4.78 is 37.1. The number of benzene rings is 1. The van der Waals surface area contributed by atoms with Gasteiger partial charge in [-0.05, 0) is 25.1 Å². The fraction of sp³-hybridized carbons (Fsp3) is 0.333. The standard InChI is InChI=1S/C9H11F3N2/c1-2-14-6-3-4-8(13)7(5-6)9(10,11)12/h3-5,14H,2,13H2,1H3. The van der Waals surface area contributed by atoms with Gasteiger partial charge in [0.1, 0.15) is 0 Å². The molecule has 0 aliphatic carbocycles. The summed E-state index contributed by atoms with van der Waals surface area (Å²) in [6.07, 6.45) is -4.39. The normalized spacial score (nSPS) is 11.4. The van der Waals surface area contributed by atoms with Crippen LogP contribution in [0, 0.1) is 0 Å². The monoisotopic (exact) mass is 204 g/mol. The lowest BCUT2D eigenvalue weighted by molar-refractivity contribution is -0.136. The van der Waals surface area contributed by atoms with Crippen LogP contribution in [0.2, 0.25) is 0 Å². The molecular weight excluding hydrogens is 193 g/mol. The predicted octanol–water partition coefficient (Wildman–Crippen LogP) is 2.72. The summed E-state index contributed by atoms with van der Waals surface area (Å²) in [5.41, 5.74) is 4.60. The van der Waals surface area contributed by atoms with E-state index in [4.69, 9.17) is 5.73 Å². The third kappa shape index (κ3) is 2.31. The molecule has 78 valence electrons. The molecule has 1 rings (SSSR count). The highest BCUT2D eigenvalue weighted by atomic mass is 19.4. The van der Waals surface area contributed by atoms with Crippen LogP contribution in [0.1, 0.15) is 12.5 Å². The van der Waals surface area contributed by atoms with Crippen molar-refractivity contribution in [2.45, 2.75) is 13.1 Å². The third-order valence-corrected chi connectivity index (χ3v) is 1.74. The van der Waals surface area contributed by atoms with Gasteiger partial charge in [0.15, 0.2) is 0 Å². The van der Waals surface area contributed by atoms with Crippen molar-refractivity contribution in [3.05, 3.63) is 23.8 Å². The van der Waals surface area contributed by atoms with Crippen LogP contribution < -0.4 is 11.1 Å². The summed E-state index contributed by atoms with van der Waals surface area (Å²) in [5.74, 6) is 0.